The second kappa shape index (κ2) is 14.0. The Kier molecular flexibility index (Phi) is 11.0. The minimum atomic E-state index is -3.98. The molecule has 40 heavy (non-hydrogen) atoms. The van der Waals surface area contributed by atoms with Crippen LogP contribution in [-0.4, -0.2) is 50.5 Å². The monoisotopic (exact) mass is 607 g/mol. The summed E-state index contributed by atoms with van der Waals surface area (Å²) in [6.45, 7) is 3.61. The van der Waals surface area contributed by atoms with Crippen LogP contribution >= 0.6 is 23.2 Å². The van der Waals surface area contributed by atoms with E-state index in [9.17, 15) is 22.4 Å². The fraction of sp³-hybridized carbons (Fsp3) is 0.310. The lowest BCUT2D eigenvalue weighted by atomic mass is 10.0. The topological polar surface area (TPSA) is 86.8 Å². The number of hydrogen-bond acceptors (Lipinski definition) is 4. The van der Waals surface area contributed by atoms with E-state index >= 15 is 0 Å². The Hall–Kier alpha value is -3.14. The zero-order valence-electron chi connectivity index (χ0n) is 22.5. The summed E-state index contributed by atoms with van der Waals surface area (Å²) in [6, 6.07) is 18.1. The van der Waals surface area contributed by atoms with Gasteiger partial charge in [-0.25, -0.2) is 12.8 Å². The van der Waals surface area contributed by atoms with Crippen molar-refractivity contribution >= 4 is 50.7 Å². The highest BCUT2D eigenvalue weighted by Crippen LogP contribution is 2.30. The average Bonchev–Trinajstić information content (AvgIpc) is 2.89. The molecule has 0 aliphatic heterocycles. The molecule has 0 aliphatic rings. The smallest absolute Gasteiger partial charge is 0.244 e. The standard InChI is InChI=1S/C29H32Cl2FN3O4S/c1-20(2)17-33-29(37)27(15-21-7-5-4-6-8-21)34(18-22-9-12-24(32)13-10-22)28(36)19-35(40(3,38)39)26-14-11-23(30)16-25(26)31/h4-14,16,20,27H,15,17-19H2,1-3H3,(H,33,37)/t27-/m0/s1. The minimum absolute atomic E-state index is 0.0475. The predicted molar refractivity (Wildman–Crippen MR) is 157 cm³/mol. The summed E-state index contributed by atoms with van der Waals surface area (Å²) < 4.78 is 40.2. The van der Waals surface area contributed by atoms with E-state index in [1.807, 2.05) is 44.2 Å². The van der Waals surface area contributed by atoms with E-state index in [4.69, 9.17) is 23.2 Å². The maximum absolute atomic E-state index is 14.0. The Morgan fingerprint density at radius 2 is 1.60 bits per heavy atom. The molecule has 0 unspecified atom stereocenters. The number of rotatable bonds is 12. The van der Waals surface area contributed by atoms with Crippen molar-refractivity contribution in [3.63, 3.8) is 0 Å². The number of hydrogen-bond donors (Lipinski definition) is 1. The van der Waals surface area contributed by atoms with Crippen LogP contribution in [0.25, 0.3) is 0 Å². The maximum Gasteiger partial charge on any atom is 0.244 e. The first-order valence-corrected chi connectivity index (χ1v) is 15.2. The van der Waals surface area contributed by atoms with Gasteiger partial charge in [0, 0.05) is 24.5 Å². The van der Waals surface area contributed by atoms with E-state index in [2.05, 4.69) is 5.32 Å². The minimum Gasteiger partial charge on any atom is -0.354 e. The molecule has 0 heterocycles. The summed E-state index contributed by atoms with van der Waals surface area (Å²) in [5.74, 6) is -1.31. The van der Waals surface area contributed by atoms with Crippen LogP contribution in [0.5, 0.6) is 0 Å². The van der Waals surface area contributed by atoms with E-state index in [1.54, 1.807) is 0 Å². The molecule has 0 aromatic heterocycles. The fourth-order valence-electron chi connectivity index (χ4n) is 4.04. The van der Waals surface area contributed by atoms with Crippen molar-refractivity contribution in [1.82, 2.24) is 10.2 Å². The first kappa shape index (κ1) is 31.4. The lowest BCUT2D eigenvalue weighted by Crippen LogP contribution is -2.53. The van der Waals surface area contributed by atoms with Crippen LogP contribution in [-0.2, 0) is 32.6 Å². The van der Waals surface area contributed by atoms with Gasteiger partial charge in [0.2, 0.25) is 21.8 Å². The number of benzene rings is 3. The van der Waals surface area contributed by atoms with Crippen molar-refractivity contribution in [2.24, 2.45) is 5.92 Å². The Labute approximate surface area is 244 Å². The zero-order valence-corrected chi connectivity index (χ0v) is 24.8. The van der Waals surface area contributed by atoms with Crippen LogP contribution < -0.4 is 9.62 Å². The highest BCUT2D eigenvalue weighted by Gasteiger charge is 2.33. The van der Waals surface area contributed by atoms with Crippen LogP contribution in [0.15, 0.2) is 72.8 Å². The van der Waals surface area contributed by atoms with E-state index in [-0.39, 0.29) is 35.5 Å². The molecule has 0 saturated carbocycles. The molecule has 0 fully saturated rings. The molecule has 214 valence electrons. The number of sulfonamides is 1. The molecule has 0 saturated heterocycles. The summed E-state index contributed by atoms with van der Waals surface area (Å²) in [6.07, 6.45) is 1.14. The molecule has 3 aromatic rings. The quantitative estimate of drug-likeness (QED) is 0.302. The second-order valence-electron chi connectivity index (χ2n) is 9.86. The van der Waals surface area contributed by atoms with E-state index < -0.39 is 34.3 Å². The molecule has 0 radical (unpaired) electrons. The van der Waals surface area contributed by atoms with Crippen LogP contribution in [0, 0.1) is 11.7 Å². The van der Waals surface area contributed by atoms with E-state index in [0.29, 0.717) is 17.1 Å². The van der Waals surface area contributed by atoms with Crippen molar-refractivity contribution in [3.8, 4) is 0 Å². The van der Waals surface area contributed by atoms with Gasteiger partial charge in [-0.15, -0.1) is 0 Å². The third-order valence-corrected chi connectivity index (χ3v) is 7.74. The van der Waals surface area contributed by atoms with Crippen LogP contribution in [0.3, 0.4) is 0 Å². The van der Waals surface area contributed by atoms with Crippen LogP contribution in [0.1, 0.15) is 25.0 Å². The van der Waals surface area contributed by atoms with Gasteiger partial charge in [0.25, 0.3) is 0 Å². The van der Waals surface area contributed by atoms with Crippen molar-refractivity contribution in [3.05, 3.63) is 99.8 Å². The highest BCUT2D eigenvalue weighted by atomic mass is 35.5. The van der Waals surface area contributed by atoms with Crippen LogP contribution in [0.2, 0.25) is 10.0 Å². The summed E-state index contributed by atoms with van der Waals surface area (Å²) in [4.78, 5) is 28.9. The van der Waals surface area contributed by atoms with Gasteiger partial charge < -0.3 is 10.2 Å². The number of anilines is 1. The fourth-order valence-corrected chi connectivity index (χ4v) is 5.46. The predicted octanol–water partition coefficient (Wildman–Crippen LogP) is 5.31. The normalized spacial score (nSPS) is 12.2. The molecular formula is C29H32Cl2FN3O4S. The molecule has 0 aliphatic carbocycles. The number of halogens is 3. The lowest BCUT2D eigenvalue weighted by Gasteiger charge is -2.33. The van der Waals surface area contributed by atoms with Crippen molar-refractivity contribution < 1.29 is 22.4 Å². The first-order valence-electron chi connectivity index (χ1n) is 12.6. The summed E-state index contributed by atoms with van der Waals surface area (Å²) >= 11 is 12.3. The van der Waals surface area contributed by atoms with Crippen molar-refractivity contribution in [2.45, 2.75) is 32.9 Å². The number of amides is 2. The first-order chi connectivity index (χ1) is 18.8. The van der Waals surface area contributed by atoms with Crippen molar-refractivity contribution in [2.75, 3.05) is 23.7 Å². The average molecular weight is 609 g/mol. The van der Waals surface area contributed by atoms with Gasteiger partial charge in [-0.05, 0) is 47.4 Å². The SMILES string of the molecule is CC(C)CNC(=O)[C@H](Cc1ccccc1)N(Cc1ccc(F)cc1)C(=O)CN(c1ccc(Cl)cc1Cl)S(C)(=O)=O. The molecule has 11 heteroatoms. The largest absolute Gasteiger partial charge is 0.354 e. The Bertz CT molecular complexity index is 1420. The molecule has 0 bridgehead atoms. The Morgan fingerprint density at radius 1 is 0.950 bits per heavy atom. The summed E-state index contributed by atoms with van der Waals surface area (Å²) in [5.41, 5.74) is 1.46. The Morgan fingerprint density at radius 3 is 2.17 bits per heavy atom. The highest BCUT2D eigenvalue weighted by molar-refractivity contribution is 7.92. The van der Waals surface area contributed by atoms with Gasteiger partial charge in [-0.2, -0.15) is 0 Å². The molecule has 1 atom stereocenters. The van der Waals surface area contributed by atoms with Gasteiger partial charge in [0.1, 0.15) is 18.4 Å². The zero-order chi connectivity index (χ0) is 29.4. The molecule has 2 amide bonds. The molecule has 1 N–H and O–H groups in total. The molecular weight excluding hydrogens is 576 g/mol. The maximum atomic E-state index is 14.0. The van der Waals surface area contributed by atoms with Gasteiger partial charge in [-0.3, -0.25) is 13.9 Å². The van der Waals surface area contributed by atoms with Gasteiger partial charge >= 0.3 is 0 Å². The summed E-state index contributed by atoms with van der Waals surface area (Å²) in [5, 5.41) is 3.25. The Balaban J connectivity index is 2.06. The third kappa shape index (κ3) is 8.94. The lowest BCUT2D eigenvalue weighted by molar-refractivity contribution is -0.140. The van der Waals surface area contributed by atoms with Gasteiger partial charge in [0.05, 0.1) is 17.0 Å². The number of nitrogens with one attached hydrogen (secondary N) is 1. The summed E-state index contributed by atoms with van der Waals surface area (Å²) in [7, 11) is -3.98. The van der Waals surface area contributed by atoms with E-state index in [1.165, 1.54) is 47.4 Å². The van der Waals surface area contributed by atoms with Gasteiger partial charge in [0.15, 0.2) is 0 Å². The molecule has 3 rings (SSSR count). The molecule has 0 spiro atoms. The molecule has 7 nitrogen and oxygen atoms in total. The van der Waals surface area contributed by atoms with Crippen molar-refractivity contribution in [1.29, 1.82) is 0 Å². The van der Waals surface area contributed by atoms with E-state index in [0.717, 1.165) is 16.1 Å². The number of nitrogens with zero attached hydrogens (tertiary/aromatic N) is 2. The van der Waals surface area contributed by atoms with Gasteiger partial charge in [-0.1, -0.05) is 79.5 Å². The molecule has 3 aromatic carbocycles. The second-order valence-corrected chi connectivity index (χ2v) is 12.6. The number of carbonyl (C=O) groups is 2. The van der Waals surface area contributed by atoms with Crippen LogP contribution in [0.4, 0.5) is 10.1 Å². The third-order valence-electron chi connectivity index (χ3n) is 6.08. The number of carbonyl (C=O) groups excluding carboxylic acids is 2.